The van der Waals surface area contributed by atoms with E-state index in [9.17, 15) is 4.79 Å². The van der Waals surface area contributed by atoms with E-state index in [1.165, 1.54) is 11.8 Å². The lowest BCUT2D eigenvalue weighted by Crippen LogP contribution is -2.19. The Morgan fingerprint density at radius 1 is 1.18 bits per heavy atom. The molecule has 1 amide bonds. The summed E-state index contributed by atoms with van der Waals surface area (Å²) in [4.78, 5) is 13.1. The summed E-state index contributed by atoms with van der Waals surface area (Å²) in [6.45, 7) is 4.25. The number of hydrogen-bond donors (Lipinski definition) is 1. The van der Waals surface area contributed by atoms with Crippen molar-refractivity contribution in [1.29, 1.82) is 0 Å². The van der Waals surface area contributed by atoms with Gasteiger partial charge in [0.2, 0.25) is 5.91 Å². The monoisotopic (exact) mass is 558 g/mol. The molecule has 0 aliphatic carbocycles. The number of allylic oxidation sites excluding steroid dienone is 1. The number of methoxy groups -OCH3 is 1. The number of carbonyl (C=O) groups excluding carboxylic acids is 1. The van der Waals surface area contributed by atoms with Crippen LogP contribution in [0.2, 0.25) is 5.02 Å². The molecular formula is C26H24BrClN2O3S. The number of rotatable bonds is 11. The van der Waals surface area contributed by atoms with Gasteiger partial charge in [0.1, 0.15) is 6.61 Å². The minimum atomic E-state index is -0.205. The van der Waals surface area contributed by atoms with E-state index in [4.69, 9.17) is 21.1 Å². The van der Waals surface area contributed by atoms with Gasteiger partial charge in [0.25, 0.3) is 0 Å². The van der Waals surface area contributed by atoms with Crippen LogP contribution < -0.4 is 14.9 Å². The largest absolute Gasteiger partial charge is 0.493 e. The SMILES string of the molecule is C=CCc1cc(/C=N\NC(=O)CSc2ccc(Cl)cc2)cc(OC)c1OCc1ccc(Br)cc1. The van der Waals surface area contributed by atoms with Gasteiger partial charge in [0.15, 0.2) is 11.5 Å². The summed E-state index contributed by atoms with van der Waals surface area (Å²) in [7, 11) is 1.59. The molecule has 3 aromatic carbocycles. The molecule has 0 radical (unpaired) electrons. The summed E-state index contributed by atoms with van der Waals surface area (Å²) in [5, 5.41) is 4.75. The van der Waals surface area contributed by atoms with Crippen molar-refractivity contribution in [3.63, 3.8) is 0 Å². The van der Waals surface area contributed by atoms with Gasteiger partial charge >= 0.3 is 0 Å². The fourth-order valence-electron chi connectivity index (χ4n) is 3.01. The molecule has 176 valence electrons. The van der Waals surface area contributed by atoms with Crippen LogP contribution >= 0.6 is 39.3 Å². The van der Waals surface area contributed by atoms with E-state index < -0.39 is 0 Å². The smallest absolute Gasteiger partial charge is 0.250 e. The molecule has 0 saturated carbocycles. The maximum Gasteiger partial charge on any atom is 0.250 e. The number of thioether (sulfide) groups is 1. The number of nitrogens with one attached hydrogen (secondary N) is 1. The molecule has 0 aromatic heterocycles. The first-order valence-corrected chi connectivity index (χ1v) is 12.5. The Hall–Kier alpha value is -2.74. The average molecular weight is 560 g/mol. The quantitative estimate of drug-likeness (QED) is 0.123. The van der Waals surface area contributed by atoms with E-state index in [1.807, 2.05) is 48.5 Å². The van der Waals surface area contributed by atoms with Gasteiger partial charge in [-0.25, -0.2) is 5.43 Å². The molecule has 1 N–H and O–H groups in total. The van der Waals surface area contributed by atoms with Crippen molar-refractivity contribution < 1.29 is 14.3 Å². The summed E-state index contributed by atoms with van der Waals surface area (Å²) in [6, 6.07) is 19.0. The summed E-state index contributed by atoms with van der Waals surface area (Å²) in [6.07, 6.45) is 3.98. The third kappa shape index (κ3) is 7.94. The Labute approximate surface area is 217 Å². The molecule has 0 aliphatic rings. The molecular weight excluding hydrogens is 536 g/mol. The Kier molecular flexibility index (Phi) is 10.1. The molecule has 3 rings (SSSR count). The lowest BCUT2D eigenvalue weighted by atomic mass is 10.1. The molecule has 0 unspecified atom stereocenters. The molecule has 0 heterocycles. The molecule has 34 heavy (non-hydrogen) atoms. The number of hydrazone groups is 1. The van der Waals surface area contributed by atoms with E-state index in [0.29, 0.717) is 29.5 Å². The second-order valence-corrected chi connectivity index (χ2v) is 9.56. The van der Waals surface area contributed by atoms with Crippen molar-refractivity contribution in [1.82, 2.24) is 5.43 Å². The first-order chi connectivity index (χ1) is 16.5. The van der Waals surface area contributed by atoms with Gasteiger partial charge < -0.3 is 9.47 Å². The normalized spacial score (nSPS) is 10.8. The van der Waals surface area contributed by atoms with E-state index in [2.05, 4.69) is 33.0 Å². The molecule has 8 heteroatoms. The maximum absolute atomic E-state index is 12.1. The zero-order valence-corrected chi connectivity index (χ0v) is 21.8. The van der Waals surface area contributed by atoms with Gasteiger partial charge in [-0.05, 0) is 66.1 Å². The highest BCUT2D eigenvalue weighted by Crippen LogP contribution is 2.34. The lowest BCUT2D eigenvalue weighted by molar-refractivity contribution is -0.118. The number of carbonyl (C=O) groups is 1. The van der Waals surface area contributed by atoms with Gasteiger partial charge in [-0.1, -0.05) is 45.7 Å². The van der Waals surface area contributed by atoms with Crippen molar-refractivity contribution in [2.24, 2.45) is 5.10 Å². The van der Waals surface area contributed by atoms with E-state index >= 15 is 0 Å². The van der Waals surface area contributed by atoms with Crippen LogP contribution in [0.3, 0.4) is 0 Å². The summed E-state index contributed by atoms with van der Waals surface area (Å²) >= 11 is 10.7. The zero-order chi connectivity index (χ0) is 24.3. The second kappa shape index (κ2) is 13.2. The standard InChI is InChI=1S/C26H24BrClN2O3S/c1-3-4-20-13-19(15-29-30-25(31)17-34-23-11-9-22(28)10-12-23)14-24(32-2)26(20)33-16-18-5-7-21(27)8-6-18/h3,5-15H,1,4,16-17H2,2H3,(H,30,31)/b29-15-. The fraction of sp³-hybridized carbons (Fsp3) is 0.154. The fourth-order valence-corrected chi connectivity index (χ4v) is 4.09. The average Bonchev–Trinajstić information content (AvgIpc) is 2.84. The van der Waals surface area contributed by atoms with Crippen LogP contribution in [0.4, 0.5) is 0 Å². The Bertz CT molecular complexity index is 1150. The number of nitrogens with zero attached hydrogens (tertiary/aromatic N) is 1. The highest BCUT2D eigenvalue weighted by Gasteiger charge is 2.13. The summed E-state index contributed by atoms with van der Waals surface area (Å²) < 4.78 is 12.7. The highest BCUT2D eigenvalue weighted by molar-refractivity contribution is 9.10. The highest BCUT2D eigenvalue weighted by atomic mass is 79.9. The molecule has 0 aliphatic heterocycles. The number of halogens is 2. The van der Waals surface area contributed by atoms with Crippen LogP contribution in [-0.4, -0.2) is 25.0 Å². The predicted octanol–water partition coefficient (Wildman–Crippen LogP) is 6.66. The van der Waals surface area contributed by atoms with E-state index in [0.717, 1.165) is 26.1 Å². The van der Waals surface area contributed by atoms with E-state index in [1.54, 1.807) is 31.5 Å². The van der Waals surface area contributed by atoms with Gasteiger partial charge in [0, 0.05) is 20.0 Å². The van der Waals surface area contributed by atoms with Gasteiger partial charge in [-0.3, -0.25) is 4.79 Å². The first kappa shape index (κ1) is 25.9. The zero-order valence-electron chi connectivity index (χ0n) is 18.6. The van der Waals surface area contributed by atoms with Crippen LogP contribution in [0.25, 0.3) is 0 Å². The van der Waals surface area contributed by atoms with Crippen molar-refractivity contribution in [2.75, 3.05) is 12.9 Å². The van der Waals surface area contributed by atoms with Crippen molar-refractivity contribution in [3.8, 4) is 11.5 Å². The predicted molar refractivity (Wildman–Crippen MR) is 143 cm³/mol. The molecule has 5 nitrogen and oxygen atoms in total. The molecule has 0 saturated heterocycles. The number of benzene rings is 3. The topological polar surface area (TPSA) is 59.9 Å². The molecule has 0 spiro atoms. The minimum Gasteiger partial charge on any atom is -0.493 e. The Morgan fingerprint density at radius 2 is 1.91 bits per heavy atom. The van der Waals surface area contributed by atoms with Crippen LogP contribution in [0.1, 0.15) is 16.7 Å². The van der Waals surface area contributed by atoms with Gasteiger partial charge in [0.05, 0.1) is 19.1 Å². The third-order valence-corrected chi connectivity index (χ3v) is 6.41. The minimum absolute atomic E-state index is 0.205. The van der Waals surface area contributed by atoms with Crippen LogP contribution in [-0.2, 0) is 17.8 Å². The summed E-state index contributed by atoms with van der Waals surface area (Å²) in [5.41, 5.74) is 5.28. The lowest BCUT2D eigenvalue weighted by Gasteiger charge is -2.16. The van der Waals surface area contributed by atoms with Gasteiger partial charge in [-0.2, -0.15) is 5.10 Å². The first-order valence-electron chi connectivity index (χ1n) is 10.4. The third-order valence-electron chi connectivity index (χ3n) is 4.62. The van der Waals surface area contributed by atoms with Crippen molar-refractivity contribution in [3.05, 3.63) is 99.5 Å². The number of hydrogen-bond acceptors (Lipinski definition) is 5. The number of amides is 1. The van der Waals surface area contributed by atoms with Gasteiger partial charge in [-0.15, -0.1) is 18.3 Å². The van der Waals surface area contributed by atoms with Crippen LogP contribution in [0, 0.1) is 0 Å². The van der Waals surface area contributed by atoms with Crippen molar-refractivity contribution in [2.45, 2.75) is 17.9 Å². The molecule has 0 bridgehead atoms. The number of ether oxygens (including phenoxy) is 2. The van der Waals surface area contributed by atoms with Crippen molar-refractivity contribution >= 4 is 51.4 Å². The Balaban J connectivity index is 1.65. The van der Waals surface area contributed by atoms with Crippen LogP contribution in [0.15, 0.2) is 87.8 Å². The van der Waals surface area contributed by atoms with Crippen LogP contribution in [0.5, 0.6) is 11.5 Å². The molecule has 3 aromatic rings. The maximum atomic E-state index is 12.1. The molecule has 0 fully saturated rings. The molecule has 0 atom stereocenters. The van der Waals surface area contributed by atoms with E-state index in [-0.39, 0.29) is 11.7 Å². The summed E-state index contributed by atoms with van der Waals surface area (Å²) in [5.74, 6) is 1.28. The Morgan fingerprint density at radius 3 is 2.59 bits per heavy atom. The second-order valence-electron chi connectivity index (χ2n) is 7.16.